The molecule has 0 saturated heterocycles. The Morgan fingerprint density at radius 2 is 0.905 bits per heavy atom. The number of carbonyl (C=O) groups excluding carboxylic acids is 2. The van der Waals surface area contributed by atoms with Gasteiger partial charge >= 0.3 is 0 Å². The Morgan fingerprint density at radius 1 is 0.524 bits per heavy atom. The fraction of sp³-hybridized carbons (Fsp3) is 0.235. The number of rotatable bonds is 9. The van der Waals surface area contributed by atoms with E-state index >= 15 is 0 Å². The summed E-state index contributed by atoms with van der Waals surface area (Å²) in [6.45, 7) is 1.31. The van der Waals surface area contributed by atoms with Gasteiger partial charge in [0.15, 0.2) is 0 Å². The highest BCUT2D eigenvalue weighted by molar-refractivity contribution is 9.10. The Hall–Kier alpha value is -3.62. The maximum absolute atomic E-state index is 13.5. The average molecular weight is 688 g/mol. The summed E-state index contributed by atoms with van der Waals surface area (Å²) in [5, 5.41) is 7.16. The zero-order chi connectivity index (χ0) is 29.1. The Bertz CT molecular complexity index is 1460. The van der Waals surface area contributed by atoms with Crippen LogP contribution in [-0.2, 0) is 0 Å². The summed E-state index contributed by atoms with van der Waals surface area (Å²) < 4.78 is 2.02. The van der Waals surface area contributed by atoms with Crippen molar-refractivity contribution in [2.75, 3.05) is 23.7 Å². The van der Waals surface area contributed by atoms with Crippen LogP contribution >= 0.6 is 31.9 Å². The molecule has 42 heavy (non-hydrogen) atoms. The summed E-state index contributed by atoms with van der Waals surface area (Å²) in [4.78, 5) is 31.0. The van der Waals surface area contributed by atoms with Crippen LogP contribution in [0.2, 0.25) is 0 Å². The van der Waals surface area contributed by atoms with Gasteiger partial charge in [-0.3, -0.25) is 9.59 Å². The minimum Gasteiger partial charge on any atom is -0.361 e. The third-order valence-corrected chi connectivity index (χ3v) is 9.02. The molecule has 2 aliphatic heterocycles. The third kappa shape index (κ3) is 5.96. The van der Waals surface area contributed by atoms with Gasteiger partial charge in [-0.15, -0.1) is 0 Å². The van der Waals surface area contributed by atoms with Gasteiger partial charge in [0.05, 0.1) is 11.1 Å². The second-order valence-corrected chi connectivity index (χ2v) is 12.5. The lowest BCUT2D eigenvalue weighted by molar-refractivity contribution is 0.0663. The summed E-state index contributed by atoms with van der Waals surface area (Å²) >= 11 is 7.03. The predicted octanol–water partition coefficient (Wildman–Crippen LogP) is 8.61. The molecule has 8 heteroatoms. The summed E-state index contributed by atoms with van der Waals surface area (Å²) in [5.74, 6) is 0.108. The Kier molecular flexibility index (Phi) is 8.63. The maximum atomic E-state index is 13.5. The van der Waals surface area contributed by atoms with Crippen LogP contribution < -0.4 is 10.6 Å². The molecule has 0 fully saturated rings. The number of fused-ring (bicyclic) bond motifs is 2. The molecule has 2 aliphatic rings. The molecule has 2 heterocycles. The van der Waals surface area contributed by atoms with E-state index in [0.717, 1.165) is 57.1 Å². The minimum atomic E-state index is -0.218. The van der Waals surface area contributed by atoms with Crippen molar-refractivity contribution in [3.63, 3.8) is 0 Å². The van der Waals surface area contributed by atoms with Crippen LogP contribution in [0.3, 0.4) is 0 Å². The number of nitrogens with zero attached hydrogens (tertiary/aromatic N) is 2. The molecule has 2 amide bonds. The highest BCUT2D eigenvalue weighted by Crippen LogP contribution is 2.35. The average Bonchev–Trinajstić information content (AvgIpc) is 3.01. The summed E-state index contributed by atoms with van der Waals surface area (Å²) in [5.41, 5.74) is 5.26. The topological polar surface area (TPSA) is 64.7 Å². The lowest BCUT2D eigenvalue weighted by Crippen LogP contribution is -2.43. The van der Waals surface area contributed by atoms with Gasteiger partial charge in [0.1, 0.15) is 12.3 Å². The van der Waals surface area contributed by atoms with Crippen molar-refractivity contribution in [1.82, 2.24) is 9.80 Å². The van der Waals surface area contributed by atoms with E-state index < -0.39 is 0 Å². The molecule has 0 aliphatic carbocycles. The largest absolute Gasteiger partial charge is 0.361 e. The van der Waals surface area contributed by atoms with E-state index in [1.165, 1.54) is 0 Å². The highest BCUT2D eigenvalue weighted by atomic mass is 79.9. The summed E-state index contributed by atoms with van der Waals surface area (Å²) in [7, 11) is 0. The van der Waals surface area contributed by atoms with Gasteiger partial charge < -0.3 is 20.4 Å². The lowest BCUT2D eigenvalue weighted by atomic mass is 10.0. The van der Waals surface area contributed by atoms with Gasteiger partial charge in [0, 0.05) is 33.4 Å². The van der Waals surface area contributed by atoms with E-state index in [1.807, 2.05) is 82.6 Å². The fourth-order valence-corrected chi connectivity index (χ4v) is 6.31. The molecule has 6 nitrogen and oxygen atoms in total. The molecule has 214 valence electrons. The van der Waals surface area contributed by atoms with Crippen LogP contribution in [0.15, 0.2) is 106 Å². The maximum Gasteiger partial charge on any atom is 0.257 e. The van der Waals surface area contributed by atoms with Crippen LogP contribution in [0.1, 0.15) is 69.9 Å². The Balaban J connectivity index is 1.09. The van der Waals surface area contributed by atoms with Gasteiger partial charge in [0.25, 0.3) is 11.8 Å². The van der Waals surface area contributed by atoms with Crippen LogP contribution in [0.25, 0.3) is 0 Å². The normalized spacial score (nSPS) is 17.8. The van der Waals surface area contributed by atoms with E-state index in [-0.39, 0.29) is 24.1 Å². The number of para-hydroxylation sites is 2. The van der Waals surface area contributed by atoms with Gasteiger partial charge in [-0.1, -0.05) is 93.2 Å². The van der Waals surface area contributed by atoms with E-state index in [2.05, 4.69) is 66.8 Å². The third-order valence-electron chi connectivity index (χ3n) is 7.96. The van der Waals surface area contributed by atoms with Gasteiger partial charge in [-0.2, -0.15) is 0 Å². The smallest absolute Gasteiger partial charge is 0.257 e. The van der Waals surface area contributed by atoms with E-state index in [4.69, 9.17) is 0 Å². The quantitative estimate of drug-likeness (QED) is 0.173. The molecular weight excluding hydrogens is 656 g/mol. The lowest BCUT2D eigenvalue weighted by Gasteiger charge is -2.38. The molecule has 2 atom stereocenters. The number of unbranched alkanes of at least 4 members (excludes halogenated alkanes) is 3. The zero-order valence-electron chi connectivity index (χ0n) is 23.1. The predicted molar refractivity (Wildman–Crippen MR) is 174 cm³/mol. The standard InChI is InChI=1S/C34H32Br2N4O2/c35-25-17-13-23(14-18-25)31-37-29-11-5-3-9-27(29)33(41)39(31)21-7-1-2-8-22-40-32(24-15-19-26(36)20-16-24)38-30-12-6-4-10-28(30)34(40)42/h3-6,9-20,31-32,37-38H,1-2,7-8,21-22H2. The molecular formula is C34H32Br2N4O2. The number of amides is 2. The molecule has 0 radical (unpaired) electrons. The Morgan fingerprint density at radius 3 is 1.31 bits per heavy atom. The molecule has 2 unspecified atom stereocenters. The fourth-order valence-electron chi connectivity index (χ4n) is 5.78. The first-order valence-electron chi connectivity index (χ1n) is 14.3. The first-order valence-corrected chi connectivity index (χ1v) is 15.9. The number of carbonyl (C=O) groups is 2. The van der Waals surface area contributed by atoms with Crippen molar-refractivity contribution in [1.29, 1.82) is 0 Å². The van der Waals surface area contributed by atoms with E-state index in [1.54, 1.807) is 0 Å². The van der Waals surface area contributed by atoms with Crippen LogP contribution in [0.5, 0.6) is 0 Å². The SMILES string of the molecule is O=C1c2ccccc2NC(c2ccc(Br)cc2)N1CCCCCCN1C(=O)c2ccccc2NC1c1ccc(Br)cc1. The van der Waals surface area contributed by atoms with Gasteiger partial charge in [-0.05, 0) is 72.5 Å². The van der Waals surface area contributed by atoms with Crippen molar-refractivity contribution < 1.29 is 9.59 Å². The second kappa shape index (κ2) is 12.7. The number of halogens is 2. The van der Waals surface area contributed by atoms with Crippen molar-refractivity contribution in [3.8, 4) is 0 Å². The van der Waals surface area contributed by atoms with Crippen LogP contribution in [-0.4, -0.2) is 34.7 Å². The molecule has 0 bridgehead atoms. The number of anilines is 2. The highest BCUT2D eigenvalue weighted by Gasteiger charge is 2.33. The van der Waals surface area contributed by atoms with Crippen molar-refractivity contribution >= 4 is 55.0 Å². The molecule has 0 spiro atoms. The molecule has 4 aromatic carbocycles. The molecule has 4 aromatic rings. The molecule has 0 aromatic heterocycles. The van der Waals surface area contributed by atoms with E-state index in [9.17, 15) is 9.59 Å². The number of hydrogen-bond donors (Lipinski definition) is 2. The first kappa shape index (κ1) is 28.5. The Labute approximate surface area is 263 Å². The monoisotopic (exact) mass is 686 g/mol. The number of nitrogens with one attached hydrogen (secondary N) is 2. The molecule has 6 rings (SSSR count). The molecule has 2 N–H and O–H groups in total. The summed E-state index contributed by atoms with van der Waals surface area (Å²) in [6.07, 6.45) is 3.26. The summed E-state index contributed by atoms with van der Waals surface area (Å²) in [6, 6.07) is 31.7. The molecule has 0 saturated carbocycles. The van der Waals surface area contributed by atoms with Crippen LogP contribution in [0.4, 0.5) is 11.4 Å². The minimum absolute atomic E-state index is 0.0539. The second-order valence-electron chi connectivity index (χ2n) is 10.7. The zero-order valence-corrected chi connectivity index (χ0v) is 26.3. The number of benzene rings is 4. The van der Waals surface area contributed by atoms with Crippen molar-refractivity contribution in [2.24, 2.45) is 0 Å². The first-order chi connectivity index (χ1) is 20.5. The van der Waals surface area contributed by atoms with Crippen molar-refractivity contribution in [2.45, 2.75) is 38.0 Å². The number of hydrogen-bond acceptors (Lipinski definition) is 4. The van der Waals surface area contributed by atoms with E-state index in [0.29, 0.717) is 24.2 Å². The van der Waals surface area contributed by atoms with Gasteiger partial charge in [-0.25, -0.2) is 0 Å². The van der Waals surface area contributed by atoms with Crippen LogP contribution in [0, 0.1) is 0 Å². The van der Waals surface area contributed by atoms with Gasteiger partial charge in [0.2, 0.25) is 0 Å². The van der Waals surface area contributed by atoms with Crippen molar-refractivity contribution in [3.05, 3.63) is 128 Å².